The Labute approximate surface area is 293 Å². The summed E-state index contributed by atoms with van der Waals surface area (Å²) >= 11 is 0. The summed E-state index contributed by atoms with van der Waals surface area (Å²) in [5, 5.41) is 21.0. The number of rotatable bonds is 14. The monoisotopic (exact) mass is 696 g/mol. The molecule has 51 heavy (non-hydrogen) atoms. The predicted octanol–water partition coefficient (Wildman–Crippen LogP) is 7.15. The van der Waals surface area contributed by atoms with Crippen LogP contribution in [0.2, 0.25) is 0 Å². The molecule has 0 atom stereocenters. The first-order chi connectivity index (χ1) is 24.6. The SMILES string of the molecule is COc1cc(Nc2ccnc(-c3c(Nc4cc(OC)c(OC)c(OC)c4)ccnc3C(=O)Nc3ccc(C)c([N+](=O)[O-])c3)c2)cc(OC)c1OC. The summed E-state index contributed by atoms with van der Waals surface area (Å²) in [5.41, 5.74) is 3.47. The number of benzene rings is 3. The van der Waals surface area contributed by atoms with Gasteiger partial charge in [-0.1, -0.05) is 6.07 Å². The maximum absolute atomic E-state index is 13.9. The van der Waals surface area contributed by atoms with Gasteiger partial charge >= 0.3 is 0 Å². The Morgan fingerprint density at radius 1 is 0.647 bits per heavy atom. The molecule has 0 unspecified atom stereocenters. The van der Waals surface area contributed by atoms with Crippen LogP contribution in [0.4, 0.5) is 34.1 Å². The Morgan fingerprint density at radius 2 is 1.20 bits per heavy atom. The molecular formula is C36H36N6O9. The number of ether oxygens (including phenoxy) is 6. The van der Waals surface area contributed by atoms with E-state index in [2.05, 4.69) is 25.9 Å². The molecule has 5 rings (SSSR count). The van der Waals surface area contributed by atoms with Gasteiger partial charge in [-0.2, -0.15) is 0 Å². The highest BCUT2D eigenvalue weighted by Crippen LogP contribution is 2.43. The van der Waals surface area contributed by atoms with Crippen LogP contribution in [-0.4, -0.2) is 63.5 Å². The smallest absolute Gasteiger partial charge is 0.275 e. The first kappa shape index (κ1) is 35.5. The van der Waals surface area contributed by atoms with E-state index in [1.807, 2.05) is 0 Å². The summed E-state index contributed by atoms with van der Waals surface area (Å²) < 4.78 is 33.0. The van der Waals surface area contributed by atoms with Crippen molar-refractivity contribution in [3.05, 3.63) is 94.4 Å². The molecule has 3 aromatic carbocycles. The van der Waals surface area contributed by atoms with E-state index in [-0.39, 0.29) is 17.1 Å². The number of anilines is 5. The van der Waals surface area contributed by atoms with Crippen LogP contribution in [0.1, 0.15) is 16.1 Å². The third-order valence-corrected chi connectivity index (χ3v) is 7.74. The number of methoxy groups -OCH3 is 6. The molecule has 264 valence electrons. The van der Waals surface area contributed by atoms with Gasteiger partial charge in [0.25, 0.3) is 11.6 Å². The second-order valence-electron chi connectivity index (χ2n) is 10.8. The number of aromatic nitrogens is 2. The van der Waals surface area contributed by atoms with Crippen molar-refractivity contribution in [1.82, 2.24) is 9.97 Å². The molecule has 5 aromatic rings. The summed E-state index contributed by atoms with van der Waals surface area (Å²) in [6.45, 7) is 1.62. The Balaban J connectivity index is 1.62. The molecule has 15 nitrogen and oxygen atoms in total. The second-order valence-corrected chi connectivity index (χ2v) is 10.8. The number of pyridine rings is 2. The van der Waals surface area contributed by atoms with Crippen LogP contribution >= 0.6 is 0 Å². The fraction of sp³-hybridized carbons (Fsp3) is 0.194. The number of nitro groups is 1. The van der Waals surface area contributed by atoms with Crippen molar-refractivity contribution in [3.63, 3.8) is 0 Å². The topological polar surface area (TPSA) is 177 Å². The molecule has 0 saturated heterocycles. The number of carbonyl (C=O) groups is 1. The highest BCUT2D eigenvalue weighted by Gasteiger charge is 2.23. The minimum Gasteiger partial charge on any atom is -0.493 e. The van der Waals surface area contributed by atoms with E-state index in [4.69, 9.17) is 28.4 Å². The maximum Gasteiger partial charge on any atom is 0.275 e. The van der Waals surface area contributed by atoms with Crippen molar-refractivity contribution in [2.45, 2.75) is 6.92 Å². The third-order valence-electron chi connectivity index (χ3n) is 7.74. The molecule has 0 aliphatic heterocycles. The molecule has 1 amide bonds. The fourth-order valence-corrected chi connectivity index (χ4v) is 5.35. The Kier molecular flexibility index (Phi) is 10.9. The number of hydrogen-bond acceptors (Lipinski definition) is 13. The summed E-state index contributed by atoms with van der Waals surface area (Å²) in [5.74, 6) is 1.93. The number of nitrogens with zero attached hydrogens (tertiary/aromatic N) is 3. The summed E-state index contributed by atoms with van der Waals surface area (Å²) in [7, 11) is 9.09. The molecule has 2 heterocycles. The van der Waals surface area contributed by atoms with Crippen LogP contribution in [0.5, 0.6) is 34.5 Å². The van der Waals surface area contributed by atoms with Crippen molar-refractivity contribution in [2.24, 2.45) is 0 Å². The van der Waals surface area contributed by atoms with E-state index < -0.39 is 10.8 Å². The highest BCUT2D eigenvalue weighted by molar-refractivity contribution is 6.09. The van der Waals surface area contributed by atoms with Crippen molar-refractivity contribution < 1.29 is 38.1 Å². The number of carbonyl (C=O) groups excluding carboxylic acids is 1. The number of nitro benzene ring substituents is 1. The van der Waals surface area contributed by atoms with E-state index in [1.165, 1.54) is 54.9 Å². The predicted molar refractivity (Wildman–Crippen MR) is 192 cm³/mol. The minimum absolute atomic E-state index is 0.00638. The summed E-state index contributed by atoms with van der Waals surface area (Å²) in [4.78, 5) is 34.1. The molecule has 2 aromatic heterocycles. The lowest BCUT2D eigenvalue weighted by atomic mass is 10.0. The van der Waals surface area contributed by atoms with Gasteiger partial charge in [-0.05, 0) is 31.2 Å². The molecule has 0 aliphatic rings. The lowest BCUT2D eigenvalue weighted by molar-refractivity contribution is -0.385. The number of nitrogens with one attached hydrogen (secondary N) is 3. The van der Waals surface area contributed by atoms with E-state index >= 15 is 0 Å². The van der Waals surface area contributed by atoms with Gasteiger partial charge in [0.05, 0.1) is 64.5 Å². The van der Waals surface area contributed by atoms with Crippen molar-refractivity contribution in [2.75, 3.05) is 58.6 Å². The van der Waals surface area contributed by atoms with Gasteiger partial charge in [0.15, 0.2) is 23.0 Å². The lowest BCUT2D eigenvalue weighted by Crippen LogP contribution is -2.16. The second kappa shape index (κ2) is 15.6. The van der Waals surface area contributed by atoms with E-state index in [9.17, 15) is 14.9 Å². The van der Waals surface area contributed by atoms with Gasteiger partial charge in [-0.15, -0.1) is 0 Å². The maximum atomic E-state index is 13.9. The van der Waals surface area contributed by atoms with Gasteiger partial charge in [0.2, 0.25) is 11.5 Å². The van der Waals surface area contributed by atoms with Crippen LogP contribution < -0.4 is 44.4 Å². The zero-order valence-electron chi connectivity index (χ0n) is 28.9. The van der Waals surface area contributed by atoms with E-state index in [1.54, 1.807) is 67.7 Å². The first-order valence-corrected chi connectivity index (χ1v) is 15.3. The Hall–Kier alpha value is -6.77. The van der Waals surface area contributed by atoms with E-state index in [0.717, 1.165) is 0 Å². The highest BCUT2D eigenvalue weighted by atomic mass is 16.6. The van der Waals surface area contributed by atoms with Crippen molar-refractivity contribution in [3.8, 4) is 45.8 Å². The normalized spacial score (nSPS) is 10.5. The molecule has 3 N–H and O–H groups in total. The van der Waals surface area contributed by atoms with Crippen molar-refractivity contribution >= 4 is 40.0 Å². The Morgan fingerprint density at radius 3 is 1.73 bits per heavy atom. The Bertz CT molecular complexity index is 2040. The summed E-state index contributed by atoms with van der Waals surface area (Å²) in [6.07, 6.45) is 3.05. The quantitative estimate of drug-likeness (QED) is 0.0788. The summed E-state index contributed by atoms with van der Waals surface area (Å²) in [6, 6.07) is 16.6. The van der Waals surface area contributed by atoms with Gasteiger partial charge < -0.3 is 44.4 Å². The number of aryl methyl sites for hydroxylation is 1. The molecular weight excluding hydrogens is 660 g/mol. The van der Waals surface area contributed by atoms with Crippen LogP contribution in [0.3, 0.4) is 0 Å². The van der Waals surface area contributed by atoms with Crippen LogP contribution in [0.15, 0.2) is 73.1 Å². The van der Waals surface area contributed by atoms with E-state index in [0.29, 0.717) is 74.1 Å². The molecule has 0 aliphatic carbocycles. The average Bonchev–Trinajstić information content (AvgIpc) is 3.14. The van der Waals surface area contributed by atoms with Gasteiger partial charge in [-0.25, -0.2) is 0 Å². The lowest BCUT2D eigenvalue weighted by Gasteiger charge is -2.18. The molecule has 0 saturated carbocycles. The van der Waals surface area contributed by atoms with Crippen LogP contribution in [0, 0.1) is 17.0 Å². The van der Waals surface area contributed by atoms with Gasteiger partial charge in [0.1, 0.15) is 5.69 Å². The fourth-order valence-electron chi connectivity index (χ4n) is 5.35. The zero-order valence-corrected chi connectivity index (χ0v) is 28.9. The molecule has 0 radical (unpaired) electrons. The standard InChI is InChI=1S/C36H36N6O9/c1-20-8-9-21(15-27(20)42(44)45)41-36(43)33-32(25(11-13-38-33)40-24-18-30(48-4)35(51-7)31(19-24)49-5)26-14-22(10-12-37-26)39-23-16-28(46-2)34(50-6)29(17-23)47-3/h8-19H,1-7H3,(H,37,39)(H,38,40)(H,41,43). The first-order valence-electron chi connectivity index (χ1n) is 15.3. The molecule has 0 fully saturated rings. The molecule has 0 spiro atoms. The average molecular weight is 697 g/mol. The largest absolute Gasteiger partial charge is 0.493 e. The van der Waals surface area contributed by atoms with Crippen LogP contribution in [0.25, 0.3) is 11.3 Å². The number of hydrogen-bond donors (Lipinski definition) is 3. The minimum atomic E-state index is -0.624. The van der Waals surface area contributed by atoms with Crippen LogP contribution in [-0.2, 0) is 0 Å². The number of amides is 1. The van der Waals surface area contributed by atoms with Gasteiger partial charge in [-0.3, -0.25) is 24.9 Å². The molecule has 15 heteroatoms. The van der Waals surface area contributed by atoms with Crippen molar-refractivity contribution in [1.29, 1.82) is 0 Å². The zero-order chi connectivity index (χ0) is 36.7. The molecule has 0 bridgehead atoms. The van der Waals surface area contributed by atoms with Gasteiger partial charge in [0, 0.05) is 71.0 Å². The third kappa shape index (κ3) is 7.62.